The number of hydrogen-bond donors (Lipinski definition) is 0. The fourth-order valence-electron chi connectivity index (χ4n) is 1.94. The summed E-state index contributed by atoms with van der Waals surface area (Å²) in [7, 11) is 0. The van der Waals surface area contributed by atoms with Crippen LogP contribution in [0.25, 0.3) is 0 Å². The Kier molecular flexibility index (Phi) is 3.08. The highest BCUT2D eigenvalue weighted by Crippen LogP contribution is 2.37. The van der Waals surface area contributed by atoms with Crippen molar-refractivity contribution in [1.82, 2.24) is 0 Å². The molecule has 0 saturated heterocycles. The molecule has 1 unspecified atom stereocenters. The van der Waals surface area contributed by atoms with Gasteiger partial charge in [-0.25, -0.2) is 8.78 Å². The monoisotopic (exact) mass is 176 g/mol. The van der Waals surface area contributed by atoms with Crippen LogP contribution < -0.4 is 0 Å². The van der Waals surface area contributed by atoms with Crippen LogP contribution in [-0.2, 0) is 0 Å². The Hall–Kier alpha value is -0.140. The fourth-order valence-corrected chi connectivity index (χ4v) is 1.94. The maximum Gasteiger partial charge on any atom is 0.108 e. The fraction of sp³-hybridized carbons (Fsp3) is 1.00. The highest BCUT2D eigenvalue weighted by Gasteiger charge is 2.33. The number of rotatable bonds is 2. The first-order valence-corrected chi connectivity index (χ1v) is 4.88. The van der Waals surface area contributed by atoms with Gasteiger partial charge in [0.05, 0.1) is 0 Å². The molecule has 72 valence electrons. The Bertz CT molecular complexity index is 133. The van der Waals surface area contributed by atoms with Crippen LogP contribution in [0.3, 0.4) is 0 Å². The summed E-state index contributed by atoms with van der Waals surface area (Å²) in [5.74, 6) is 0.124. The van der Waals surface area contributed by atoms with E-state index in [1.54, 1.807) is 6.92 Å². The van der Waals surface area contributed by atoms with Gasteiger partial charge < -0.3 is 0 Å². The van der Waals surface area contributed by atoms with E-state index in [1.165, 1.54) is 0 Å². The minimum Gasteiger partial charge on any atom is -0.247 e. The molecule has 1 fully saturated rings. The molecular formula is C10H18F2. The molecule has 0 spiro atoms. The van der Waals surface area contributed by atoms with Gasteiger partial charge in [-0.2, -0.15) is 0 Å². The standard InChI is InChI=1S/C10H18F2/c1-3-9(11)8-4-6-10(2,12)7-5-8/h8-9H,3-7H2,1-2H3. The van der Waals surface area contributed by atoms with Gasteiger partial charge in [0.2, 0.25) is 0 Å². The van der Waals surface area contributed by atoms with E-state index in [0.717, 1.165) is 12.8 Å². The maximum absolute atomic E-state index is 13.3. The minimum absolute atomic E-state index is 0.124. The Morgan fingerprint density at radius 2 is 1.92 bits per heavy atom. The van der Waals surface area contributed by atoms with E-state index in [9.17, 15) is 8.78 Å². The zero-order valence-electron chi connectivity index (χ0n) is 7.95. The predicted octanol–water partition coefficient (Wildman–Crippen LogP) is 3.65. The average Bonchev–Trinajstić information content (AvgIpc) is 2.03. The van der Waals surface area contributed by atoms with Crippen LogP contribution in [0.15, 0.2) is 0 Å². The smallest absolute Gasteiger partial charge is 0.108 e. The van der Waals surface area contributed by atoms with Crippen LogP contribution in [0.1, 0.15) is 46.0 Å². The van der Waals surface area contributed by atoms with Crippen molar-refractivity contribution in [2.24, 2.45) is 5.92 Å². The van der Waals surface area contributed by atoms with Crippen molar-refractivity contribution in [3.63, 3.8) is 0 Å². The van der Waals surface area contributed by atoms with Gasteiger partial charge in [-0.1, -0.05) is 6.92 Å². The number of halogens is 2. The van der Waals surface area contributed by atoms with Gasteiger partial charge in [-0.05, 0) is 44.9 Å². The van der Waals surface area contributed by atoms with Crippen LogP contribution in [-0.4, -0.2) is 11.8 Å². The van der Waals surface area contributed by atoms with Crippen LogP contribution in [0.4, 0.5) is 8.78 Å². The van der Waals surface area contributed by atoms with Gasteiger partial charge >= 0.3 is 0 Å². The van der Waals surface area contributed by atoms with E-state index in [1.807, 2.05) is 6.92 Å². The Balaban J connectivity index is 2.36. The summed E-state index contributed by atoms with van der Waals surface area (Å²) in [4.78, 5) is 0. The second-order valence-corrected chi connectivity index (χ2v) is 4.18. The molecule has 12 heavy (non-hydrogen) atoms. The first-order valence-electron chi connectivity index (χ1n) is 4.88. The van der Waals surface area contributed by atoms with Crippen molar-refractivity contribution in [1.29, 1.82) is 0 Å². The summed E-state index contributed by atoms with van der Waals surface area (Å²) >= 11 is 0. The largest absolute Gasteiger partial charge is 0.247 e. The third kappa shape index (κ3) is 2.43. The number of hydrogen-bond acceptors (Lipinski definition) is 0. The summed E-state index contributed by atoms with van der Waals surface area (Å²) < 4.78 is 26.4. The van der Waals surface area contributed by atoms with Gasteiger partial charge in [0.1, 0.15) is 11.8 Å². The Morgan fingerprint density at radius 1 is 1.42 bits per heavy atom. The van der Waals surface area contributed by atoms with Crippen molar-refractivity contribution in [2.45, 2.75) is 57.8 Å². The van der Waals surface area contributed by atoms with Gasteiger partial charge in [0, 0.05) is 0 Å². The van der Waals surface area contributed by atoms with Gasteiger partial charge in [-0.3, -0.25) is 0 Å². The van der Waals surface area contributed by atoms with E-state index in [4.69, 9.17) is 0 Å². The summed E-state index contributed by atoms with van der Waals surface area (Å²) in [6.07, 6.45) is 2.40. The molecule has 0 aliphatic heterocycles. The zero-order chi connectivity index (χ0) is 9.19. The van der Waals surface area contributed by atoms with Gasteiger partial charge in [0.25, 0.3) is 0 Å². The van der Waals surface area contributed by atoms with Crippen molar-refractivity contribution in [2.75, 3.05) is 0 Å². The predicted molar refractivity (Wildman–Crippen MR) is 46.7 cm³/mol. The van der Waals surface area contributed by atoms with Crippen molar-refractivity contribution in [3.05, 3.63) is 0 Å². The summed E-state index contributed by atoms with van der Waals surface area (Å²) in [6, 6.07) is 0. The normalized spacial score (nSPS) is 39.5. The molecule has 0 aromatic heterocycles. The first-order chi connectivity index (χ1) is 5.55. The van der Waals surface area contributed by atoms with E-state index < -0.39 is 11.8 Å². The SMILES string of the molecule is CCC(F)C1CCC(C)(F)CC1. The van der Waals surface area contributed by atoms with E-state index >= 15 is 0 Å². The molecule has 0 aromatic carbocycles. The second kappa shape index (κ2) is 3.71. The van der Waals surface area contributed by atoms with Crippen molar-refractivity contribution < 1.29 is 8.78 Å². The Morgan fingerprint density at radius 3 is 2.33 bits per heavy atom. The average molecular weight is 176 g/mol. The van der Waals surface area contributed by atoms with Crippen LogP contribution >= 0.6 is 0 Å². The molecular weight excluding hydrogens is 158 g/mol. The molecule has 0 N–H and O–H groups in total. The lowest BCUT2D eigenvalue weighted by molar-refractivity contribution is 0.0701. The molecule has 1 rings (SSSR count). The third-order valence-electron chi connectivity index (χ3n) is 2.97. The lowest BCUT2D eigenvalue weighted by Crippen LogP contribution is -2.29. The highest BCUT2D eigenvalue weighted by molar-refractivity contribution is 4.84. The van der Waals surface area contributed by atoms with Crippen LogP contribution in [0.5, 0.6) is 0 Å². The van der Waals surface area contributed by atoms with Crippen LogP contribution in [0.2, 0.25) is 0 Å². The summed E-state index contributed by atoms with van der Waals surface area (Å²) in [6.45, 7) is 3.48. The van der Waals surface area contributed by atoms with Gasteiger partial charge in [0.15, 0.2) is 0 Å². The minimum atomic E-state index is -1.02. The molecule has 1 aliphatic carbocycles. The molecule has 0 heterocycles. The molecule has 2 heteroatoms. The summed E-state index contributed by atoms with van der Waals surface area (Å²) in [5.41, 5.74) is -1.02. The lowest BCUT2D eigenvalue weighted by atomic mass is 9.78. The molecule has 0 bridgehead atoms. The quantitative estimate of drug-likeness (QED) is 0.602. The second-order valence-electron chi connectivity index (χ2n) is 4.18. The topological polar surface area (TPSA) is 0 Å². The molecule has 1 saturated carbocycles. The van der Waals surface area contributed by atoms with Crippen LogP contribution in [0, 0.1) is 5.92 Å². The van der Waals surface area contributed by atoms with Crippen molar-refractivity contribution >= 4 is 0 Å². The molecule has 0 radical (unpaired) electrons. The van der Waals surface area contributed by atoms with Gasteiger partial charge in [-0.15, -0.1) is 0 Å². The van der Waals surface area contributed by atoms with E-state index in [-0.39, 0.29) is 5.92 Å². The van der Waals surface area contributed by atoms with E-state index in [0.29, 0.717) is 19.3 Å². The molecule has 0 amide bonds. The zero-order valence-corrected chi connectivity index (χ0v) is 7.95. The number of alkyl halides is 2. The molecule has 0 aromatic rings. The third-order valence-corrected chi connectivity index (χ3v) is 2.97. The van der Waals surface area contributed by atoms with Crippen molar-refractivity contribution in [3.8, 4) is 0 Å². The first kappa shape index (κ1) is 9.94. The molecule has 1 atom stereocenters. The highest BCUT2D eigenvalue weighted by atomic mass is 19.1. The summed E-state index contributed by atoms with van der Waals surface area (Å²) in [5, 5.41) is 0. The molecule has 1 aliphatic rings. The lowest BCUT2D eigenvalue weighted by Gasteiger charge is -2.32. The molecule has 0 nitrogen and oxygen atoms in total. The van der Waals surface area contributed by atoms with E-state index in [2.05, 4.69) is 0 Å². The maximum atomic E-state index is 13.3. The Labute approximate surface area is 73.3 Å².